The van der Waals surface area contributed by atoms with E-state index in [9.17, 15) is 18.4 Å². The Labute approximate surface area is 232 Å². The van der Waals surface area contributed by atoms with Crippen molar-refractivity contribution in [3.8, 4) is 11.3 Å². The van der Waals surface area contributed by atoms with Crippen LogP contribution >= 0.6 is 0 Å². The summed E-state index contributed by atoms with van der Waals surface area (Å²) in [6.07, 6.45) is 5.00. The van der Waals surface area contributed by atoms with Crippen molar-refractivity contribution in [3.05, 3.63) is 93.8 Å². The number of halogens is 2. The number of piperazine rings is 1. The fourth-order valence-corrected chi connectivity index (χ4v) is 6.36. The molecular formula is C31H35F2N5O2. The number of carbonyl (C=O) groups excluding carboxylic acids is 1. The Kier molecular flexibility index (Phi) is 7.18. The molecule has 1 aliphatic carbocycles. The minimum Gasteiger partial charge on any atom is -0.361 e. The normalized spacial score (nSPS) is 22.5. The van der Waals surface area contributed by atoms with E-state index in [-0.39, 0.29) is 28.6 Å². The molecule has 2 atom stereocenters. The van der Waals surface area contributed by atoms with Crippen LogP contribution in [-0.4, -0.2) is 70.5 Å². The first kappa shape index (κ1) is 26.7. The number of piperidine rings is 1. The summed E-state index contributed by atoms with van der Waals surface area (Å²) in [6.45, 7) is 2.73. The van der Waals surface area contributed by atoms with Gasteiger partial charge in [-0.1, -0.05) is 30.3 Å². The highest BCUT2D eigenvalue weighted by Crippen LogP contribution is 2.45. The van der Waals surface area contributed by atoms with Crippen molar-refractivity contribution in [2.75, 3.05) is 33.2 Å². The Morgan fingerprint density at radius 2 is 1.88 bits per heavy atom. The van der Waals surface area contributed by atoms with Gasteiger partial charge < -0.3 is 20.1 Å². The summed E-state index contributed by atoms with van der Waals surface area (Å²) in [5.41, 5.74) is 2.54. The molecular weight excluding hydrogens is 512 g/mol. The predicted octanol–water partition coefficient (Wildman–Crippen LogP) is 4.52. The topological polar surface area (TPSA) is 71.7 Å². The quantitative estimate of drug-likeness (QED) is 0.493. The zero-order valence-electron chi connectivity index (χ0n) is 22.7. The Hall–Kier alpha value is -3.56. The van der Waals surface area contributed by atoms with E-state index in [0.29, 0.717) is 44.7 Å². The molecule has 2 saturated heterocycles. The summed E-state index contributed by atoms with van der Waals surface area (Å²) < 4.78 is 28.9. The molecule has 3 fully saturated rings. The molecule has 2 aliphatic heterocycles. The number of hydrogen-bond donors (Lipinski definition) is 2. The number of nitrogens with zero attached hydrogens (tertiary/aromatic N) is 3. The van der Waals surface area contributed by atoms with Crippen LogP contribution in [0.5, 0.6) is 0 Å². The monoisotopic (exact) mass is 547 g/mol. The number of hydrogen-bond acceptors (Lipinski definition) is 4. The fraction of sp³-hybridized carbons (Fsp3) is 0.419. The van der Waals surface area contributed by atoms with Gasteiger partial charge in [0, 0.05) is 73.4 Å². The zero-order chi connectivity index (χ0) is 27.9. The fourth-order valence-electron chi connectivity index (χ4n) is 6.36. The lowest BCUT2D eigenvalue weighted by Gasteiger charge is -2.46. The van der Waals surface area contributed by atoms with E-state index in [1.807, 2.05) is 48.5 Å². The number of pyridine rings is 1. The van der Waals surface area contributed by atoms with Crippen LogP contribution in [0.15, 0.2) is 65.6 Å². The van der Waals surface area contributed by atoms with Crippen molar-refractivity contribution < 1.29 is 13.6 Å². The molecule has 0 radical (unpaired) electrons. The third-order valence-corrected chi connectivity index (χ3v) is 8.91. The first-order valence-corrected chi connectivity index (χ1v) is 14.1. The number of aromatic amines is 1. The first-order valence-electron chi connectivity index (χ1n) is 14.1. The molecule has 2 N–H and O–H groups in total. The minimum atomic E-state index is -0.538. The van der Waals surface area contributed by atoms with Gasteiger partial charge in [0.25, 0.3) is 0 Å². The summed E-state index contributed by atoms with van der Waals surface area (Å²) in [5, 5.41) is 3.24. The van der Waals surface area contributed by atoms with E-state index < -0.39 is 17.7 Å². The molecule has 3 heterocycles. The van der Waals surface area contributed by atoms with Gasteiger partial charge in [-0.15, -0.1) is 0 Å². The van der Waals surface area contributed by atoms with E-state index in [1.54, 1.807) is 11.0 Å². The standard InChI is InChI=1S/C31H35F2N5O2/c1-34-24-9-12-38(28(16-24)25-15-23(32)7-8-26(25)33)30(40)36-13-14-37(31(20-36)10-11-31)19-22-18-35-27(17-29(22)39)21-5-3-2-4-6-21/h2-8,15,17-18,24,28,34H,9-14,16,19-20H2,1H3,(H,35,39)/t24-,28+/m1/s1. The van der Waals surface area contributed by atoms with Gasteiger partial charge in [-0.3, -0.25) is 9.69 Å². The molecule has 210 valence electrons. The molecule has 0 bridgehead atoms. The minimum absolute atomic E-state index is 0.000671. The third kappa shape index (κ3) is 5.15. The van der Waals surface area contributed by atoms with E-state index in [2.05, 4.69) is 15.2 Å². The maximum absolute atomic E-state index is 14.8. The second kappa shape index (κ2) is 10.8. The Morgan fingerprint density at radius 3 is 2.60 bits per heavy atom. The highest BCUT2D eigenvalue weighted by atomic mass is 19.1. The largest absolute Gasteiger partial charge is 0.361 e. The lowest BCUT2D eigenvalue weighted by Crippen LogP contribution is -2.60. The van der Waals surface area contributed by atoms with Gasteiger partial charge >= 0.3 is 6.03 Å². The summed E-state index contributed by atoms with van der Waals surface area (Å²) in [7, 11) is 1.86. The van der Waals surface area contributed by atoms with Gasteiger partial charge in [-0.05, 0) is 56.5 Å². The third-order valence-electron chi connectivity index (χ3n) is 8.91. The smallest absolute Gasteiger partial charge is 0.320 e. The number of aromatic nitrogens is 1. The number of H-pyrrole nitrogens is 1. The van der Waals surface area contributed by atoms with Crippen LogP contribution in [0, 0.1) is 11.6 Å². The highest BCUT2D eigenvalue weighted by molar-refractivity contribution is 5.75. The van der Waals surface area contributed by atoms with Gasteiger partial charge in [0.05, 0.1) is 6.04 Å². The number of amides is 2. The zero-order valence-corrected chi connectivity index (χ0v) is 22.7. The van der Waals surface area contributed by atoms with Gasteiger partial charge in [0.2, 0.25) is 0 Å². The van der Waals surface area contributed by atoms with E-state index in [0.717, 1.165) is 42.7 Å². The number of likely N-dealkylation sites (tertiary alicyclic amines) is 1. The van der Waals surface area contributed by atoms with Gasteiger partial charge in [0.1, 0.15) is 11.6 Å². The number of urea groups is 1. The van der Waals surface area contributed by atoms with Crippen molar-refractivity contribution in [3.63, 3.8) is 0 Å². The Balaban J connectivity index is 1.17. The second-order valence-electron chi connectivity index (χ2n) is 11.3. The van der Waals surface area contributed by atoms with Crippen LogP contribution in [-0.2, 0) is 6.54 Å². The van der Waals surface area contributed by atoms with Crippen LogP contribution in [0.2, 0.25) is 0 Å². The van der Waals surface area contributed by atoms with Gasteiger partial charge in [-0.25, -0.2) is 13.6 Å². The van der Waals surface area contributed by atoms with Gasteiger partial charge in [-0.2, -0.15) is 0 Å². The van der Waals surface area contributed by atoms with Crippen LogP contribution in [0.25, 0.3) is 11.3 Å². The molecule has 3 aromatic rings. The lowest BCUT2D eigenvalue weighted by molar-refractivity contribution is 0.0438. The molecule has 6 rings (SSSR count). The molecule has 9 heteroatoms. The molecule has 1 aromatic heterocycles. The molecule has 40 heavy (non-hydrogen) atoms. The predicted molar refractivity (Wildman–Crippen MR) is 150 cm³/mol. The van der Waals surface area contributed by atoms with Crippen molar-refractivity contribution >= 4 is 6.03 Å². The molecule has 2 aromatic carbocycles. The Bertz CT molecular complexity index is 1440. The van der Waals surface area contributed by atoms with Gasteiger partial charge in [0.15, 0.2) is 5.43 Å². The van der Waals surface area contributed by atoms with E-state index in [1.165, 1.54) is 6.07 Å². The molecule has 3 aliphatic rings. The highest BCUT2D eigenvalue weighted by Gasteiger charge is 2.52. The maximum atomic E-state index is 14.8. The molecule has 0 unspecified atom stereocenters. The lowest BCUT2D eigenvalue weighted by atomic mass is 9.91. The maximum Gasteiger partial charge on any atom is 0.320 e. The van der Waals surface area contributed by atoms with Crippen molar-refractivity contribution in [1.82, 2.24) is 25.0 Å². The SMILES string of the molecule is CN[C@@H]1CCN(C(=O)N2CCN(Cc3c[nH]c(-c4ccccc4)cc3=O)C3(CC3)C2)[C@H](c2cc(F)ccc2F)C1. The molecule has 2 amide bonds. The summed E-state index contributed by atoms with van der Waals surface area (Å²) in [4.78, 5) is 36.1. The van der Waals surface area contributed by atoms with Crippen LogP contribution in [0.3, 0.4) is 0 Å². The summed E-state index contributed by atoms with van der Waals surface area (Å²) in [5.74, 6) is -0.999. The number of rotatable bonds is 5. The summed E-state index contributed by atoms with van der Waals surface area (Å²) in [6, 6.07) is 14.4. The molecule has 1 saturated carbocycles. The number of nitrogens with one attached hydrogen (secondary N) is 2. The van der Waals surface area contributed by atoms with E-state index >= 15 is 0 Å². The summed E-state index contributed by atoms with van der Waals surface area (Å²) >= 11 is 0. The Morgan fingerprint density at radius 1 is 1.07 bits per heavy atom. The van der Waals surface area contributed by atoms with Crippen LogP contribution in [0.4, 0.5) is 13.6 Å². The van der Waals surface area contributed by atoms with Crippen molar-refractivity contribution in [1.29, 1.82) is 0 Å². The first-order chi connectivity index (χ1) is 19.4. The van der Waals surface area contributed by atoms with Crippen molar-refractivity contribution in [2.45, 2.75) is 49.9 Å². The number of carbonyl (C=O) groups is 1. The number of benzene rings is 2. The molecule has 7 nitrogen and oxygen atoms in total. The average molecular weight is 548 g/mol. The second-order valence-corrected chi connectivity index (χ2v) is 11.3. The average Bonchev–Trinajstić information content (AvgIpc) is 3.75. The van der Waals surface area contributed by atoms with Crippen LogP contribution in [0.1, 0.15) is 42.9 Å². The molecule has 1 spiro atoms. The van der Waals surface area contributed by atoms with E-state index in [4.69, 9.17) is 0 Å². The van der Waals surface area contributed by atoms with Crippen molar-refractivity contribution in [2.24, 2.45) is 0 Å². The van der Waals surface area contributed by atoms with Crippen LogP contribution < -0.4 is 10.7 Å².